The summed E-state index contributed by atoms with van der Waals surface area (Å²) in [5.74, 6) is -1.01. The maximum Gasteiger partial charge on any atom is 0.416 e. The highest BCUT2D eigenvalue weighted by Crippen LogP contribution is 2.39. The Morgan fingerprint density at radius 1 is 0.929 bits per heavy atom. The number of amides is 3. The number of nitrogens with zero attached hydrogens (tertiary/aromatic N) is 2. The van der Waals surface area contributed by atoms with E-state index >= 15 is 0 Å². The first-order valence-electron chi connectivity index (χ1n) is 13.8. The number of ether oxygens (including phenoxy) is 1. The van der Waals surface area contributed by atoms with Crippen LogP contribution in [-0.2, 0) is 22.3 Å². The summed E-state index contributed by atoms with van der Waals surface area (Å²) < 4.78 is 45.7. The van der Waals surface area contributed by atoms with Crippen molar-refractivity contribution in [3.05, 3.63) is 106 Å². The molecule has 1 atom stereocenters. The van der Waals surface area contributed by atoms with E-state index in [1.54, 1.807) is 23.1 Å². The van der Waals surface area contributed by atoms with Gasteiger partial charge in [0.1, 0.15) is 11.8 Å². The SMILES string of the molecule is Cc1ccc(C(=O)N2[C@@H](C(=O)NCc3cccc(C(F)(F)F)c3)COC23CCN(C(=O)c2ccccc2C)CC3)cc1. The van der Waals surface area contributed by atoms with Crippen LogP contribution >= 0.6 is 0 Å². The van der Waals surface area contributed by atoms with E-state index in [1.807, 2.05) is 44.2 Å². The van der Waals surface area contributed by atoms with Crippen molar-refractivity contribution >= 4 is 17.7 Å². The Kier molecular flexibility index (Phi) is 8.10. The number of hydrogen-bond acceptors (Lipinski definition) is 4. The highest BCUT2D eigenvalue weighted by atomic mass is 19.4. The second kappa shape index (κ2) is 11.6. The molecule has 3 aromatic rings. The van der Waals surface area contributed by atoms with Gasteiger partial charge in [0, 0.05) is 43.6 Å². The first kappa shape index (κ1) is 29.3. The molecule has 2 aliphatic rings. The second-order valence-electron chi connectivity index (χ2n) is 10.8. The number of halogens is 3. The summed E-state index contributed by atoms with van der Waals surface area (Å²) >= 11 is 0. The summed E-state index contributed by atoms with van der Waals surface area (Å²) in [5.41, 5.74) is 1.21. The van der Waals surface area contributed by atoms with Crippen molar-refractivity contribution in [2.24, 2.45) is 0 Å². The Balaban J connectivity index is 1.36. The largest absolute Gasteiger partial charge is 0.416 e. The summed E-state index contributed by atoms with van der Waals surface area (Å²) in [5, 5.41) is 2.70. The molecule has 1 N–H and O–H groups in total. The summed E-state index contributed by atoms with van der Waals surface area (Å²) in [4.78, 5) is 43.8. The Labute approximate surface area is 242 Å². The zero-order valence-corrected chi connectivity index (χ0v) is 23.4. The average Bonchev–Trinajstić information content (AvgIpc) is 3.34. The molecule has 0 unspecified atom stereocenters. The van der Waals surface area contributed by atoms with Crippen LogP contribution in [0.5, 0.6) is 0 Å². The van der Waals surface area contributed by atoms with E-state index in [-0.39, 0.29) is 30.5 Å². The van der Waals surface area contributed by atoms with Crippen molar-refractivity contribution in [2.45, 2.75) is 51.2 Å². The van der Waals surface area contributed by atoms with Crippen molar-refractivity contribution in [3.8, 4) is 0 Å². The van der Waals surface area contributed by atoms with E-state index in [1.165, 1.54) is 17.0 Å². The molecular formula is C32H32F3N3O4. The molecule has 3 aromatic carbocycles. The minimum Gasteiger partial charge on any atom is -0.353 e. The molecule has 3 amide bonds. The molecule has 5 rings (SSSR count). The van der Waals surface area contributed by atoms with Crippen LogP contribution in [0, 0.1) is 13.8 Å². The van der Waals surface area contributed by atoms with Gasteiger partial charge in [-0.2, -0.15) is 13.2 Å². The van der Waals surface area contributed by atoms with Crippen molar-refractivity contribution in [3.63, 3.8) is 0 Å². The molecule has 220 valence electrons. The van der Waals surface area contributed by atoms with Gasteiger partial charge in [0.15, 0.2) is 0 Å². The van der Waals surface area contributed by atoms with Gasteiger partial charge in [-0.25, -0.2) is 0 Å². The summed E-state index contributed by atoms with van der Waals surface area (Å²) in [6, 6.07) is 18.1. The number of likely N-dealkylation sites (tertiary alicyclic amines) is 1. The van der Waals surface area contributed by atoms with E-state index in [9.17, 15) is 27.6 Å². The normalized spacial score (nSPS) is 18.3. The molecule has 0 aromatic heterocycles. The zero-order chi connectivity index (χ0) is 30.1. The fourth-order valence-electron chi connectivity index (χ4n) is 5.61. The smallest absolute Gasteiger partial charge is 0.353 e. The second-order valence-corrected chi connectivity index (χ2v) is 10.8. The number of nitrogens with one attached hydrogen (secondary N) is 1. The lowest BCUT2D eigenvalue weighted by Crippen LogP contribution is -2.59. The predicted octanol–water partition coefficient (Wildman–Crippen LogP) is 5.11. The van der Waals surface area contributed by atoms with E-state index in [0.717, 1.165) is 23.3 Å². The standard InChI is InChI=1S/C32H32F3N3O4/c1-21-10-12-24(13-11-21)29(40)38-27(28(39)36-19-23-7-5-8-25(18-23)32(33,34)35)20-42-31(38)14-16-37(17-15-31)30(41)26-9-4-3-6-22(26)2/h3-13,18,27H,14-17,19-20H2,1-2H3,(H,36,39)/t27-/m1/s1. The van der Waals surface area contributed by atoms with Crippen LogP contribution in [0.2, 0.25) is 0 Å². The van der Waals surface area contributed by atoms with Gasteiger partial charge in [0.2, 0.25) is 5.91 Å². The molecule has 0 saturated carbocycles. The van der Waals surface area contributed by atoms with Gasteiger partial charge in [-0.15, -0.1) is 0 Å². The molecule has 2 aliphatic heterocycles. The van der Waals surface area contributed by atoms with Crippen LogP contribution < -0.4 is 5.32 Å². The Hall–Kier alpha value is -4.18. The Bertz CT molecular complexity index is 1480. The molecule has 42 heavy (non-hydrogen) atoms. The summed E-state index contributed by atoms with van der Waals surface area (Å²) in [7, 11) is 0. The van der Waals surface area contributed by atoms with Crippen LogP contribution in [-0.4, -0.2) is 59.0 Å². The average molecular weight is 580 g/mol. The van der Waals surface area contributed by atoms with Gasteiger partial charge in [-0.1, -0.05) is 48.0 Å². The molecule has 2 saturated heterocycles. The molecular weight excluding hydrogens is 547 g/mol. The lowest BCUT2D eigenvalue weighted by Gasteiger charge is -2.44. The Morgan fingerprint density at radius 3 is 2.29 bits per heavy atom. The van der Waals surface area contributed by atoms with E-state index in [4.69, 9.17) is 4.74 Å². The fraction of sp³-hybridized carbons (Fsp3) is 0.344. The maximum absolute atomic E-state index is 13.9. The molecule has 0 aliphatic carbocycles. The first-order chi connectivity index (χ1) is 20.0. The van der Waals surface area contributed by atoms with E-state index in [0.29, 0.717) is 37.1 Å². The van der Waals surface area contributed by atoms with E-state index in [2.05, 4.69) is 5.32 Å². The van der Waals surface area contributed by atoms with Crippen LogP contribution in [0.4, 0.5) is 13.2 Å². The topological polar surface area (TPSA) is 79.0 Å². The predicted molar refractivity (Wildman–Crippen MR) is 149 cm³/mol. The quantitative estimate of drug-likeness (QED) is 0.456. The van der Waals surface area contributed by atoms with Crippen LogP contribution in [0.3, 0.4) is 0 Å². The van der Waals surface area contributed by atoms with Gasteiger partial charge >= 0.3 is 6.18 Å². The number of carbonyl (C=O) groups is 3. The highest BCUT2D eigenvalue weighted by molar-refractivity contribution is 5.99. The monoisotopic (exact) mass is 579 g/mol. The fourth-order valence-corrected chi connectivity index (χ4v) is 5.61. The molecule has 0 bridgehead atoms. The van der Waals surface area contributed by atoms with Gasteiger partial charge in [-0.3, -0.25) is 19.3 Å². The first-order valence-corrected chi connectivity index (χ1v) is 13.8. The molecule has 10 heteroatoms. The van der Waals surface area contributed by atoms with Crippen LogP contribution in [0.15, 0.2) is 72.8 Å². The number of hydrogen-bond donors (Lipinski definition) is 1. The van der Waals surface area contributed by atoms with Gasteiger partial charge in [0.25, 0.3) is 11.8 Å². The highest BCUT2D eigenvalue weighted by Gasteiger charge is 2.54. The van der Waals surface area contributed by atoms with Crippen molar-refractivity contribution in [1.82, 2.24) is 15.1 Å². The minimum atomic E-state index is -4.50. The molecule has 7 nitrogen and oxygen atoms in total. The van der Waals surface area contributed by atoms with Crippen molar-refractivity contribution < 1.29 is 32.3 Å². The third kappa shape index (κ3) is 5.90. The molecule has 0 radical (unpaired) electrons. The summed E-state index contributed by atoms with van der Waals surface area (Å²) in [6.45, 7) is 4.21. The number of alkyl halides is 3. The molecule has 2 heterocycles. The van der Waals surface area contributed by atoms with Crippen LogP contribution in [0.1, 0.15) is 55.8 Å². The van der Waals surface area contributed by atoms with Gasteiger partial charge in [0.05, 0.1) is 12.2 Å². The van der Waals surface area contributed by atoms with Gasteiger partial charge < -0.3 is 15.0 Å². The Morgan fingerprint density at radius 2 is 1.62 bits per heavy atom. The zero-order valence-electron chi connectivity index (χ0n) is 23.4. The van der Waals surface area contributed by atoms with Crippen molar-refractivity contribution in [1.29, 1.82) is 0 Å². The minimum absolute atomic E-state index is 0.0717. The third-order valence-electron chi connectivity index (χ3n) is 8.01. The van der Waals surface area contributed by atoms with Crippen molar-refractivity contribution in [2.75, 3.05) is 19.7 Å². The summed E-state index contributed by atoms with van der Waals surface area (Å²) in [6.07, 6.45) is -3.89. The molecule has 2 fully saturated rings. The van der Waals surface area contributed by atoms with Gasteiger partial charge in [-0.05, 0) is 55.3 Å². The number of benzene rings is 3. The lowest BCUT2D eigenvalue weighted by molar-refractivity contribution is -0.137. The third-order valence-corrected chi connectivity index (χ3v) is 8.01. The molecule has 1 spiro atoms. The number of rotatable bonds is 5. The van der Waals surface area contributed by atoms with Crippen LogP contribution in [0.25, 0.3) is 0 Å². The maximum atomic E-state index is 13.9. The lowest BCUT2D eigenvalue weighted by atomic mass is 9.95. The number of piperidine rings is 1. The number of aryl methyl sites for hydroxylation is 2. The van der Waals surface area contributed by atoms with E-state index < -0.39 is 29.4 Å². The number of carbonyl (C=O) groups excluding carboxylic acids is 3.